The van der Waals surface area contributed by atoms with Gasteiger partial charge in [0.05, 0.1) is 28.1 Å². The first-order chi connectivity index (χ1) is 12.8. The predicted molar refractivity (Wildman–Crippen MR) is 101 cm³/mol. The summed E-state index contributed by atoms with van der Waals surface area (Å²) in [5.41, 5.74) is -0.852. The van der Waals surface area contributed by atoms with Crippen molar-refractivity contribution >= 4 is 40.3 Å². The molecule has 0 aliphatic carbocycles. The Morgan fingerprint density at radius 2 is 1.74 bits per heavy atom. The molecule has 1 amide bonds. The number of non-ortho nitro benzene ring substituents is 2. The summed E-state index contributed by atoms with van der Waals surface area (Å²) in [5.74, 6) is -0.216. The molecule has 0 radical (unpaired) electrons. The van der Waals surface area contributed by atoms with Gasteiger partial charge in [-0.2, -0.15) is 0 Å². The van der Waals surface area contributed by atoms with Gasteiger partial charge in [-0.05, 0) is 31.3 Å². The lowest BCUT2D eigenvalue weighted by molar-refractivity contribution is -0.394. The minimum absolute atomic E-state index is 0.0807. The Morgan fingerprint density at radius 3 is 2.30 bits per heavy atom. The van der Waals surface area contributed by atoms with Crippen LogP contribution in [0.15, 0.2) is 42.5 Å². The summed E-state index contributed by atoms with van der Waals surface area (Å²) < 4.78 is 5.35. The van der Waals surface area contributed by atoms with Crippen molar-refractivity contribution in [2.75, 3.05) is 11.9 Å². The monoisotopic (exact) mass is 390 g/mol. The number of amides is 1. The first-order valence-corrected chi connectivity index (χ1v) is 8.00. The van der Waals surface area contributed by atoms with Gasteiger partial charge in [-0.15, -0.1) is 0 Å². The number of nitrogens with zero attached hydrogens (tertiary/aromatic N) is 2. The van der Waals surface area contributed by atoms with Gasteiger partial charge in [-0.25, -0.2) is 0 Å². The highest BCUT2D eigenvalue weighted by Gasteiger charge is 2.20. The van der Waals surface area contributed by atoms with Crippen LogP contribution in [0.1, 0.15) is 17.3 Å². The molecule has 0 fully saturated rings. The van der Waals surface area contributed by atoms with Crippen molar-refractivity contribution in [1.29, 1.82) is 0 Å². The molecular formula is C16H14N4O6S. The van der Waals surface area contributed by atoms with Crippen molar-refractivity contribution < 1.29 is 19.4 Å². The Labute approximate surface area is 158 Å². The number of carbonyl (C=O) groups is 1. The Kier molecular flexibility index (Phi) is 6.33. The summed E-state index contributed by atoms with van der Waals surface area (Å²) in [5, 5.41) is 26.8. The quantitative estimate of drug-likeness (QED) is 0.436. The molecule has 0 heterocycles. The van der Waals surface area contributed by atoms with E-state index in [1.807, 2.05) is 6.92 Å². The minimum atomic E-state index is -0.820. The van der Waals surface area contributed by atoms with Crippen LogP contribution in [0.2, 0.25) is 0 Å². The highest BCUT2D eigenvalue weighted by Crippen LogP contribution is 2.23. The first kappa shape index (κ1) is 19.7. The molecule has 0 unspecified atom stereocenters. The van der Waals surface area contributed by atoms with Crippen molar-refractivity contribution in [2.45, 2.75) is 6.92 Å². The molecule has 0 saturated heterocycles. The van der Waals surface area contributed by atoms with Gasteiger partial charge in [0.25, 0.3) is 17.3 Å². The van der Waals surface area contributed by atoms with E-state index in [1.165, 1.54) is 0 Å². The van der Waals surface area contributed by atoms with Gasteiger partial charge in [0.2, 0.25) is 0 Å². The maximum atomic E-state index is 12.3. The van der Waals surface area contributed by atoms with Crippen molar-refractivity contribution in [1.82, 2.24) is 5.32 Å². The van der Waals surface area contributed by atoms with Crippen LogP contribution >= 0.6 is 12.2 Å². The van der Waals surface area contributed by atoms with Gasteiger partial charge < -0.3 is 10.1 Å². The zero-order valence-corrected chi connectivity index (χ0v) is 14.8. The van der Waals surface area contributed by atoms with Crippen LogP contribution in [0.3, 0.4) is 0 Å². The second-order valence-electron chi connectivity index (χ2n) is 5.12. The van der Waals surface area contributed by atoms with Gasteiger partial charge >= 0.3 is 0 Å². The highest BCUT2D eigenvalue weighted by atomic mass is 32.1. The molecule has 2 aromatic rings. The maximum Gasteiger partial charge on any atom is 0.277 e. The van der Waals surface area contributed by atoms with E-state index in [4.69, 9.17) is 17.0 Å². The lowest BCUT2D eigenvalue weighted by atomic mass is 10.1. The summed E-state index contributed by atoms with van der Waals surface area (Å²) in [4.78, 5) is 32.4. The number of ether oxygens (including phenoxy) is 1. The smallest absolute Gasteiger partial charge is 0.277 e. The number of rotatable bonds is 6. The van der Waals surface area contributed by atoms with Gasteiger partial charge in [0.1, 0.15) is 5.75 Å². The van der Waals surface area contributed by atoms with Crippen molar-refractivity contribution in [3.05, 3.63) is 68.3 Å². The number of anilines is 1. The number of hydrogen-bond donors (Lipinski definition) is 2. The van der Waals surface area contributed by atoms with E-state index < -0.39 is 27.1 Å². The average molecular weight is 390 g/mol. The Hall–Kier alpha value is -3.60. The number of benzene rings is 2. The van der Waals surface area contributed by atoms with Crippen LogP contribution < -0.4 is 15.4 Å². The minimum Gasteiger partial charge on any atom is -0.494 e. The highest BCUT2D eigenvalue weighted by molar-refractivity contribution is 7.80. The molecular weight excluding hydrogens is 376 g/mol. The summed E-state index contributed by atoms with van der Waals surface area (Å²) >= 11 is 5.04. The standard InChI is InChI=1S/C16H14N4O6S/c1-2-26-14-5-3-4-11(8-14)17-16(27)18-15(21)10-6-12(19(22)23)9-13(7-10)20(24)25/h3-9H,2H2,1H3,(H2,17,18,21,27). The van der Waals surface area contributed by atoms with E-state index in [0.717, 1.165) is 18.2 Å². The number of thiocarbonyl (C=S) groups is 1. The molecule has 0 aromatic heterocycles. The molecule has 0 aliphatic heterocycles. The fourth-order valence-corrected chi connectivity index (χ4v) is 2.32. The van der Waals surface area contributed by atoms with Crippen LogP contribution in [0.4, 0.5) is 17.1 Å². The van der Waals surface area contributed by atoms with Crippen molar-refractivity contribution in [3.63, 3.8) is 0 Å². The van der Waals surface area contributed by atoms with Gasteiger partial charge in [0, 0.05) is 23.9 Å². The van der Waals surface area contributed by atoms with E-state index in [9.17, 15) is 25.0 Å². The molecule has 2 N–H and O–H groups in total. The third kappa shape index (κ3) is 5.44. The Balaban J connectivity index is 2.14. The largest absolute Gasteiger partial charge is 0.494 e. The van der Waals surface area contributed by atoms with Crippen molar-refractivity contribution in [2.24, 2.45) is 0 Å². The molecule has 0 spiro atoms. The zero-order valence-electron chi connectivity index (χ0n) is 14.0. The predicted octanol–water partition coefficient (Wildman–Crippen LogP) is 3.03. The number of nitrogens with one attached hydrogen (secondary N) is 2. The molecule has 2 aromatic carbocycles. The van der Waals surface area contributed by atoms with Crippen LogP contribution in [0, 0.1) is 20.2 Å². The van der Waals surface area contributed by atoms with Gasteiger partial charge in [-0.3, -0.25) is 30.3 Å². The first-order valence-electron chi connectivity index (χ1n) is 7.59. The average Bonchev–Trinajstić information content (AvgIpc) is 2.61. The topological polar surface area (TPSA) is 137 Å². The molecule has 0 saturated carbocycles. The molecule has 0 atom stereocenters. The molecule has 140 valence electrons. The molecule has 0 aliphatic rings. The fraction of sp³-hybridized carbons (Fsp3) is 0.125. The van der Waals surface area contributed by atoms with Gasteiger partial charge in [0.15, 0.2) is 5.11 Å². The van der Waals surface area contributed by atoms with E-state index in [-0.39, 0.29) is 10.7 Å². The summed E-state index contributed by atoms with van der Waals surface area (Å²) in [6.45, 7) is 2.32. The molecule has 0 bridgehead atoms. The summed E-state index contributed by atoms with van der Waals surface area (Å²) in [7, 11) is 0. The lowest BCUT2D eigenvalue weighted by Crippen LogP contribution is -2.34. The second-order valence-corrected chi connectivity index (χ2v) is 5.53. The SMILES string of the molecule is CCOc1cccc(NC(=S)NC(=O)c2cc([N+](=O)[O-])cc([N+](=O)[O-])c2)c1. The number of carbonyl (C=O) groups excluding carboxylic acids is 1. The molecule has 11 heteroatoms. The second kappa shape index (κ2) is 8.67. The van der Waals surface area contributed by atoms with Crippen LogP contribution in [-0.2, 0) is 0 Å². The molecule has 2 rings (SSSR count). The molecule has 27 heavy (non-hydrogen) atoms. The number of nitro groups is 2. The Morgan fingerprint density at radius 1 is 1.11 bits per heavy atom. The third-order valence-corrected chi connectivity index (χ3v) is 3.42. The zero-order chi connectivity index (χ0) is 20.0. The van der Waals surface area contributed by atoms with Crippen molar-refractivity contribution in [3.8, 4) is 5.75 Å². The maximum absolute atomic E-state index is 12.3. The van der Waals surface area contributed by atoms with Crippen LogP contribution in [0.5, 0.6) is 5.75 Å². The normalized spacial score (nSPS) is 9.96. The summed E-state index contributed by atoms with van der Waals surface area (Å²) in [6.07, 6.45) is 0. The van der Waals surface area contributed by atoms with E-state index in [0.29, 0.717) is 18.0 Å². The summed E-state index contributed by atoms with van der Waals surface area (Å²) in [6, 6.07) is 9.47. The number of nitro benzene ring substituents is 2. The van der Waals surface area contributed by atoms with E-state index in [2.05, 4.69) is 10.6 Å². The van der Waals surface area contributed by atoms with Crippen LogP contribution in [0.25, 0.3) is 0 Å². The third-order valence-electron chi connectivity index (χ3n) is 3.22. The lowest BCUT2D eigenvalue weighted by Gasteiger charge is -2.11. The van der Waals surface area contributed by atoms with Crippen LogP contribution in [-0.4, -0.2) is 27.5 Å². The Bertz CT molecular complexity index is 885. The van der Waals surface area contributed by atoms with E-state index >= 15 is 0 Å². The fourth-order valence-electron chi connectivity index (χ4n) is 2.11. The van der Waals surface area contributed by atoms with E-state index in [1.54, 1.807) is 24.3 Å². The number of hydrogen-bond acceptors (Lipinski definition) is 7. The van der Waals surface area contributed by atoms with Gasteiger partial charge in [-0.1, -0.05) is 6.07 Å². The molecule has 10 nitrogen and oxygen atoms in total.